The number of aliphatic hydroxyl groups excluding tert-OH is 1. The van der Waals surface area contributed by atoms with E-state index in [2.05, 4.69) is 36.4 Å². The summed E-state index contributed by atoms with van der Waals surface area (Å²) >= 11 is 2.09. The van der Waals surface area contributed by atoms with Crippen molar-refractivity contribution in [3.8, 4) is 5.75 Å². The molecule has 2 aliphatic rings. The highest BCUT2D eigenvalue weighted by molar-refractivity contribution is 14.1. The molecule has 3 rings (SSSR count). The number of hydrogen-bond acceptors (Lipinski definition) is 7. The monoisotopic (exact) mass is 716 g/mol. The highest BCUT2D eigenvalue weighted by Crippen LogP contribution is 2.48. The third-order valence-electron chi connectivity index (χ3n) is 10.7. The molecule has 0 spiro atoms. The molecular formula is C34H53IO8. The molecule has 43 heavy (non-hydrogen) atoms. The number of ketones is 1. The molecule has 1 aromatic carbocycles. The Labute approximate surface area is 271 Å². The van der Waals surface area contributed by atoms with Gasteiger partial charge in [-0.05, 0) is 117 Å². The van der Waals surface area contributed by atoms with Crippen molar-refractivity contribution in [1.29, 1.82) is 0 Å². The lowest BCUT2D eigenvalue weighted by atomic mass is 9.76. The van der Waals surface area contributed by atoms with E-state index in [0.29, 0.717) is 49.7 Å². The normalized spacial score (nSPS) is 32.3. The molecule has 10 unspecified atom stereocenters. The van der Waals surface area contributed by atoms with Crippen LogP contribution < -0.4 is 0 Å². The van der Waals surface area contributed by atoms with E-state index >= 15 is 0 Å². The van der Waals surface area contributed by atoms with Crippen LogP contribution in [0.15, 0.2) is 6.07 Å². The van der Waals surface area contributed by atoms with Crippen molar-refractivity contribution in [3.63, 3.8) is 0 Å². The Morgan fingerprint density at radius 2 is 1.81 bits per heavy atom. The summed E-state index contributed by atoms with van der Waals surface area (Å²) in [7, 11) is 0. The van der Waals surface area contributed by atoms with Crippen LogP contribution in [0, 0.1) is 34.2 Å². The van der Waals surface area contributed by atoms with Gasteiger partial charge in [0.25, 0.3) is 0 Å². The number of aromatic carboxylic acids is 1. The number of aromatic hydroxyl groups is 1. The molecule has 0 radical (unpaired) electrons. The summed E-state index contributed by atoms with van der Waals surface area (Å²) in [5.41, 5.74) is -0.391. The average Bonchev–Trinajstić information content (AvgIpc) is 3.31. The first-order valence-corrected chi connectivity index (χ1v) is 17.2. The predicted octanol–water partition coefficient (Wildman–Crippen LogP) is 6.45. The van der Waals surface area contributed by atoms with E-state index in [4.69, 9.17) is 9.47 Å². The van der Waals surface area contributed by atoms with Crippen molar-refractivity contribution in [3.05, 3.63) is 26.3 Å². The molecule has 0 amide bonds. The van der Waals surface area contributed by atoms with Gasteiger partial charge in [0.1, 0.15) is 17.1 Å². The highest BCUT2D eigenvalue weighted by atomic mass is 127. The molecule has 1 aromatic rings. The van der Waals surface area contributed by atoms with Crippen LogP contribution in [-0.2, 0) is 20.7 Å². The van der Waals surface area contributed by atoms with Crippen molar-refractivity contribution in [2.75, 3.05) is 0 Å². The lowest BCUT2D eigenvalue weighted by Crippen LogP contribution is -2.55. The summed E-state index contributed by atoms with van der Waals surface area (Å²) in [6.07, 6.45) is 3.31. The molecule has 0 aromatic heterocycles. The van der Waals surface area contributed by atoms with E-state index in [0.717, 1.165) is 16.4 Å². The van der Waals surface area contributed by atoms with Crippen LogP contribution >= 0.6 is 22.6 Å². The molecule has 9 heteroatoms. The number of carbonyl (C=O) groups is 2. The quantitative estimate of drug-likeness (QED) is 0.171. The molecule has 244 valence electrons. The van der Waals surface area contributed by atoms with E-state index < -0.39 is 29.2 Å². The maximum absolute atomic E-state index is 13.9. The van der Waals surface area contributed by atoms with Crippen molar-refractivity contribution >= 4 is 34.3 Å². The minimum Gasteiger partial charge on any atom is -0.507 e. The van der Waals surface area contributed by atoms with E-state index in [1.54, 1.807) is 19.9 Å². The first-order chi connectivity index (χ1) is 20.1. The number of Topliss-reactive ketones (excluding diaryl/α,β-unsaturated/α-hetero) is 1. The van der Waals surface area contributed by atoms with Gasteiger partial charge < -0.3 is 29.9 Å². The Hall–Kier alpha value is -1.27. The maximum atomic E-state index is 13.9. The lowest BCUT2D eigenvalue weighted by molar-refractivity contribution is -0.229. The van der Waals surface area contributed by atoms with Crippen LogP contribution in [0.25, 0.3) is 0 Å². The molecule has 2 aliphatic heterocycles. The Morgan fingerprint density at radius 3 is 2.35 bits per heavy atom. The molecule has 8 nitrogen and oxygen atoms in total. The molecule has 0 saturated carbocycles. The maximum Gasteiger partial charge on any atom is 0.339 e. The SMILES string of the molecule is CCC(C(=O)C(C)C(O)C(C)CCc1c(I)cc(C)c(O)c1C(=O)O)C1OC(CC)(C2CCC(O)(CC)C(C)O2)CC1C. The van der Waals surface area contributed by atoms with Crippen LogP contribution in [0.2, 0.25) is 0 Å². The van der Waals surface area contributed by atoms with Gasteiger partial charge >= 0.3 is 5.97 Å². The topological polar surface area (TPSA) is 134 Å². The first kappa shape index (κ1) is 36.2. The summed E-state index contributed by atoms with van der Waals surface area (Å²) in [6.45, 7) is 15.5. The Morgan fingerprint density at radius 1 is 1.16 bits per heavy atom. The van der Waals surface area contributed by atoms with Gasteiger partial charge in [0, 0.05) is 15.4 Å². The molecule has 10 atom stereocenters. The lowest BCUT2D eigenvalue weighted by Gasteiger charge is -2.47. The zero-order valence-corrected chi connectivity index (χ0v) is 29.3. The number of benzene rings is 1. The van der Waals surface area contributed by atoms with Gasteiger partial charge in [0.05, 0.1) is 35.6 Å². The van der Waals surface area contributed by atoms with Crippen molar-refractivity contribution in [1.82, 2.24) is 0 Å². The summed E-state index contributed by atoms with van der Waals surface area (Å²) < 4.78 is 14.0. The number of aryl methyl sites for hydroxylation is 1. The largest absolute Gasteiger partial charge is 0.507 e. The van der Waals surface area contributed by atoms with E-state index in [-0.39, 0.29) is 53.2 Å². The van der Waals surface area contributed by atoms with Gasteiger partial charge in [-0.3, -0.25) is 4.79 Å². The van der Waals surface area contributed by atoms with Crippen molar-refractivity contribution < 1.29 is 39.5 Å². The van der Waals surface area contributed by atoms with Gasteiger partial charge in [-0.1, -0.05) is 41.5 Å². The van der Waals surface area contributed by atoms with E-state index in [1.165, 1.54) is 0 Å². The van der Waals surface area contributed by atoms with Crippen LogP contribution in [0.3, 0.4) is 0 Å². The summed E-state index contributed by atoms with van der Waals surface area (Å²) in [5, 5.41) is 42.4. The summed E-state index contributed by atoms with van der Waals surface area (Å²) in [5.74, 6) is -2.56. The Balaban J connectivity index is 1.71. The third kappa shape index (κ3) is 7.26. The van der Waals surface area contributed by atoms with Crippen LogP contribution in [0.4, 0.5) is 0 Å². The number of rotatable bonds is 13. The number of halogens is 1. The molecule has 2 heterocycles. The number of hydrogen-bond donors (Lipinski definition) is 4. The van der Waals surface area contributed by atoms with Crippen molar-refractivity contribution in [2.24, 2.45) is 23.7 Å². The van der Waals surface area contributed by atoms with Gasteiger partial charge in [-0.15, -0.1) is 0 Å². The molecular weight excluding hydrogens is 663 g/mol. The van der Waals surface area contributed by atoms with Gasteiger partial charge in [-0.2, -0.15) is 0 Å². The Bertz CT molecular complexity index is 1160. The van der Waals surface area contributed by atoms with Crippen LogP contribution in [0.5, 0.6) is 5.75 Å². The minimum absolute atomic E-state index is 0.0160. The van der Waals surface area contributed by atoms with Crippen molar-refractivity contribution in [2.45, 2.75) is 142 Å². The molecule has 0 bridgehead atoms. The number of aliphatic hydroxyl groups is 2. The zero-order chi connectivity index (χ0) is 32.4. The number of carboxylic acid groups (broad SMARTS) is 1. The van der Waals surface area contributed by atoms with Gasteiger partial charge in [0.2, 0.25) is 0 Å². The van der Waals surface area contributed by atoms with Crippen LogP contribution in [-0.4, -0.2) is 67.8 Å². The van der Waals surface area contributed by atoms with Gasteiger partial charge in [0.15, 0.2) is 0 Å². The second-order valence-corrected chi connectivity index (χ2v) is 14.5. The second kappa shape index (κ2) is 14.4. The number of carbonyl (C=O) groups excluding carboxylic acids is 1. The highest BCUT2D eigenvalue weighted by Gasteiger charge is 2.55. The van der Waals surface area contributed by atoms with Gasteiger partial charge in [-0.25, -0.2) is 4.79 Å². The summed E-state index contributed by atoms with van der Waals surface area (Å²) in [4.78, 5) is 25.9. The molecule has 2 fully saturated rings. The second-order valence-electron chi connectivity index (χ2n) is 13.3. The average molecular weight is 717 g/mol. The molecule has 4 N–H and O–H groups in total. The Kier molecular flexibility index (Phi) is 12.2. The van der Waals surface area contributed by atoms with E-state index in [1.807, 2.05) is 27.7 Å². The molecule has 2 saturated heterocycles. The zero-order valence-electron chi connectivity index (χ0n) is 27.2. The fourth-order valence-corrected chi connectivity index (χ4v) is 8.54. The summed E-state index contributed by atoms with van der Waals surface area (Å²) in [6, 6.07) is 1.76. The first-order valence-electron chi connectivity index (χ1n) is 16.1. The smallest absolute Gasteiger partial charge is 0.339 e. The van der Waals surface area contributed by atoms with E-state index in [9.17, 15) is 30.0 Å². The number of ether oxygens (including phenoxy) is 2. The fraction of sp³-hybridized carbons (Fsp3) is 0.765. The minimum atomic E-state index is -1.18. The number of phenols is 1. The standard InChI is InChI=1S/C34H53IO8/c1-9-23(31-20(6)17-34(11-3,43-31)26-14-15-33(41,10-2)22(8)42-26)30(38)21(7)28(36)18(4)12-13-24-25(35)16-19(5)29(37)27(24)32(39)40/h16,18,20-23,26,28,31,36-37,41H,9-15,17H2,1-8H3,(H,39,40). The fourth-order valence-electron chi connectivity index (χ4n) is 7.53. The van der Waals surface area contributed by atoms with Crippen LogP contribution in [0.1, 0.15) is 115 Å². The molecule has 0 aliphatic carbocycles. The predicted molar refractivity (Wildman–Crippen MR) is 174 cm³/mol. The number of carboxylic acids is 1. The third-order valence-corrected chi connectivity index (χ3v) is 11.7.